The van der Waals surface area contributed by atoms with Gasteiger partial charge in [-0.2, -0.15) is 4.98 Å². The van der Waals surface area contributed by atoms with Crippen LogP contribution in [0, 0.1) is 0 Å². The van der Waals surface area contributed by atoms with E-state index in [1.54, 1.807) is 18.2 Å². The van der Waals surface area contributed by atoms with E-state index in [4.69, 9.17) is 23.2 Å². The van der Waals surface area contributed by atoms with Crippen molar-refractivity contribution in [1.82, 2.24) is 15.3 Å². The Morgan fingerprint density at radius 2 is 1.84 bits per heavy atom. The number of hydrogen-bond donors (Lipinski definition) is 3. The molecule has 11 heteroatoms. The Balaban J connectivity index is 1.39. The lowest BCUT2D eigenvalue weighted by Gasteiger charge is -2.38. The van der Waals surface area contributed by atoms with Gasteiger partial charge in [-0.25, -0.2) is 4.98 Å². The number of halogens is 2. The number of para-hydroxylation sites is 1. The summed E-state index contributed by atoms with van der Waals surface area (Å²) in [7, 11) is 1.84. The van der Waals surface area contributed by atoms with Crippen LogP contribution in [0.3, 0.4) is 0 Å². The number of piperazine rings is 1. The molecule has 2 aromatic carbocycles. The van der Waals surface area contributed by atoms with Gasteiger partial charge < -0.3 is 25.5 Å². The van der Waals surface area contributed by atoms with Crippen LogP contribution < -0.4 is 25.3 Å². The molecule has 1 saturated heterocycles. The average Bonchev–Trinajstić information content (AvgIpc) is 2.86. The van der Waals surface area contributed by atoms with Crippen LogP contribution in [0.4, 0.5) is 28.8 Å². The molecule has 3 heterocycles. The third-order valence-corrected chi connectivity index (χ3v) is 7.18. The Hall–Kier alpha value is -3.11. The van der Waals surface area contributed by atoms with Gasteiger partial charge in [-0.1, -0.05) is 29.3 Å². The maximum absolute atomic E-state index is 13.3. The molecule has 2 atom stereocenters. The van der Waals surface area contributed by atoms with Gasteiger partial charge in [0.1, 0.15) is 11.4 Å². The van der Waals surface area contributed by atoms with Crippen molar-refractivity contribution < 1.29 is 9.90 Å². The third kappa shape index (κ3) is 5.04. The highest BCUT2D eigenvalue weighted by Crippen LogP contribution is 2.37. The lowest BCUT2D eigenvalue weighted by molar-refractivity contribution is 0.0982. The fourth-order valence-corrected chi connectivity index (χ4v) is 5.64. The number of benzene rings is 2. The van der Waals surface area contributed by atoms with Gasteiger partial charge >= 0.3 is 0 Å². The second kappa shape index (κ2) is 10.3. The molecule has 0 bridgehead atoms. The number of nitrogens with zero attached hydrogens (tertiary/aromatic N) is 5. The van der Waals surface area contributed by atoms with Crippen LogP contribution >= 0.6 is 23.2 Å². The zero-order valence-electron chi connectivity index (χ0n) is 20.9. The lowest BCUT2D eigenvalue weighted by Crippen LogP contribution is -2.54. The Morgan fingerprint density at radius 3 is 2.51 bits per heavy atom. The number of anilines is 5. The number of aromatic nitrogens is 2. The van der Waals surface area contributed by atoms with Crippen LogP contribution in [0.15, 0.2) is 42.6 Å². The Kier molecular flexibility index (Phi) is 7.13. The van der Waals surface area contributed by atoms with E-state index in [2.05, 4.69) is 39.3 Å². The first-order valence-electron chi connectivity index (χ1n) is 12.1. The molecule has 0 saturated carbocycles. The van der Waals surface area contributed by atoms with E-state index in [-0.39, 0.29) is 19.2 Å². The molecule has 0 radical (unpaired) electrons. The van der Waals surface area contributed by atoms with E-state index >= 15 is 0 Å². The molecule has 3 N–H and O–H groups in total. The molecule has 5 rings (SSSR count). The zero-order valence-corrected chi connectivity index (χ0v) is 22.4. The van der Waals surface area contributed by atoms with Crippen molar-refractivity contribution in [2.24, 2.45) is 0 Å². The summed E-state index contributed by atoms with van der Waals surface area (Å²) < 4.78 is 0. The van der Waals surface area contributed by atoms with Crippen molar-refractivity contribution in [2.45, 2.75) is 32.5 Å². The summed E-state index contributed by atoms with van der Waals surface area (Å²) >= 11 is 12.7. The first kappa shape index (κ1) is 25.5. The molecule has 2 aliphatic rings. The van der Waals surface area contributed by atoms with Crippen molar-refractivity contribution in [3.8, 4) is 0 Å². The molecule has 37 heavy (non-hydrogen) atoms. The predicted octanol–water partition coefficient (Wildman–Crippen LogP) is 4.26. The van der Waals surface area contributed by atoms with Crippen LogP contribution in [0.1, 0.15) is 29.8 Å². The Bertz CT molecular complexity index is 1310. The van der Waals surface area contributed by atoms with Crippen LogP contribution in [0.2, 0.25) is 10.0 Å². The number of nitrogens with one attached hydrogen (secondary N) is 2. The van der Waals surface area contributed by atoms with Crippen molar-refractivity contribution >= 4 is 57.9 Å². The predicted molar refractivity (Wildman–Crippen MR) is 148 cm³/mol. The van der Waals surface area contributed by atoms with E-state index < -0.39 is 0 Å². The minimum absolute atomic E-state index is 0.0831. The standard InChI is InChI=1S/C26H29Cl2N7O2/c1-15-11-34(12-16(2)30-15)22-8-7-18(9-17(22)13-36)31-26-29-10-19-24(32-26)33(3)14-35(25(19)37)23-20(27)5-4-6-21(23)28/h4-10,15-16,30,36H,11-14H2,1-3H3,(H,29,31,32)/t15-,16+. The number of amides is 1. The minimum Gasteiger partial charge on any atom is -0.392 e. The third-order valence-electron chi connectivity index (χ3n) is 6.57. The molecule has 3 aromatic rings. The van der Waals surface area contributed by atoms with Gasteiger partial charge in [-0.05, 0) is 44.2 Å². The lowest BCUT2D eigenvalue weighted by atomic mass is 10.1. The maximum Gasteiger partial charge on any atom is 0.265 e. The zero-order chi connectivity index (χ0) is 26.3. The SMILES string of the molecule is C[C@@H]1CN(c2ccc(Nc3ncc4c(n3)N(C)CN(c3c(Cl)cccc3Cl)C4=O)cc2CO)C[C@H](C)N1. The first-order valence-corrected chi connectivity index (χ1v) is 12.9. The molecule has 194 valence electrons. The highest BCUT2D eigenvalue weighted by molar-refractivity contribution is 6.40. The number of rotatable bonds is 5. The van der Waals surface area contributed by atoms with Gasteiger partial charge in [0.15, 0.2) is 0 Å². The van der Waals surface area contributed by atoms with Gasteiger partial charge in [-0.3, -0.25) is 9.69 Å². The van der Waals surface area contributed by atoms with E-state index in [1.807, 2.05) is 30.1 Å². The molecular weight excluding hydrogens is 513 g/mol. The second-order valence-electron chi connectivity index (χ2n) is 9.57. The van der Waals surface area contributed by atoms with Gasteiger partial charge in [0, 0.05) is 55.4 Å². The minimum atomic E-state index is -0.277. The second-order valence-corrected chi connectivity index (χ2v) is 10.4. The molecule has 0 unspecified atom stereocenters. The van der Waals surface area contributed by atoms with Gasteiger partial charge in [0.05, 0.1) is 29.0 Å². The fourth-order valence-electron chi connectivity index (χ4n) is 5.03. The summed E-state index contributed by atoms with van der Waals surface area (Å²) in [6.45, 7) is 6.21. The molecule has 1 amide bonds. The fraction of sp³-hybridized carbons (Fsp3) is 0.346. The molecule has 2 aliphatic heterocycles. The summed E-state index contributed by atoms with van der Waals surface area (Å²) in [6, 6.07) is 11.7. The first-order chi connectivity index (χ1) is 17.7. The molecule has 1 aromatic heterocycles. The van der Waals surface area contributed by atoms with Crippen LogP contribution in [-0.4, -0.2) is 59.9 Å². The summed E-state index contributed by atoms with van der Waals surface area (Å²) in [5.41, 5.74) is 3.40. The van der Waals surface area contributed by atoms with Crippen molar-refractivity contribution in [3.05, 3.63) is 63.8 Å². The van der Waals surface area contributed by atoms with Gasteiger partial charge in [-0.15, -0.1) is 0 Å². The smallest absolute Gasteiger partial charge is 0.265 e. The summed E-state index contributed by atoms with van der Waals surface area (Å²) in [4.78, 5) is 28.0. The number of aliphatic hydroxyl groups is 1. The molecule has 0 spiro atoms. The summed E-state index contributed by atoms with van der Waals surface area (Å²) in [6.07, 6.45) is 1.51. The number of carbonyl (C=O) groups excluding carboxylic acids is 1. The van der Waals surface area contributed by atoms with Crippen LogP contribution in [-0.2, 0) is 6.61 Å². The van der Waals surface area contributed by atoms with E-state index in [0.29, 0.717) is 45.1 Å². The van der Waals surface area contributed by atoms with Gasteiger partial charge in [0.25, 0.3) is 5.91 Å². The summed E-state index contributed by atoms with van der Waals surface area (Å²) in [5, 5.41) is 17.6. The molecule has 0 aliphatic carbocycles. The number of carbonyl (C=O) groups is 1. The van der Waals surface area contributed by atoms with Gasteiger partial charge in [0.2, 0.25) is 5.95 Å². The van der Waals surface area contributed by atoms with Crippen LogP contribution in [0.5, 0.6) is 0 Å². The highest BCUT2D eigenvalue weighted by atomic mass is 35.5. The Morgan fingerprint density at radius 1 is 1.14 bits per heavy atom. The summed E-state index contributed by atoms with van der Waals surface area (Å²) in [5.74, 6) is 0.578. The van der Waals surface area contributed by atoms with Crippen molar-refractivity contribution in [1.29, 1.82) is 0 Å². The normalized spacial score (nSPS) is 19.7. The van der Waals surface area contributed by atoms with E-state index in [9.17, 15) is 9.90 Å². The van der Waals surface area contributed by atoms with Crippen molar-refractivity contribution in [2.75, 3.05) is 46.8 Å². The van der Waals surface area contributed by atoms with E-state index in [0.717, 1.165) is 30.0 Å². The Labute approximate surface area is 226 Å². The largest absolute Gasteiger partial charge is 0.392 e. The quantitative estimate of drug-likeness (QED) is 0.440. The monoisotopic (exact) mass is 541 g/mol. The molecular formula is C26H29Cl2N7O2. The average molecular weight is 542 g/mol. The van der Waals surface area contributed by atoms with Crippen molar-refractivity contribution in [3.63, 3.8) is 0 Å². The molecule has 1 fully saturated rings. The number of fused-ring (bicyclic) bond motifs is 1. The van der Waals surface area contributed by atoms with E-state index in [1.165, 1.54) is 11.1 Å². The number of aliphatic hydroxyl groups excluding tert-OH is 1. The molecule has 9 nitrogen and oxygen atoms in total. The topological polar surface area (TPSA) is 96.9 Å². The maximum atomic E-state index is 13.3. The van der Waals surface area contributed by atoms with Crippen LogP contribution in [0.25, 0.3) is 0 Å². The number of hydrogen-bond acceptors (Lipinski definition) is 8. The highest BCUT2D eigenvalue weighted by Gasteiger charge is 2.32.